The molecule has 0 saturated carbocycles. The van der Waals surface area contributed by atoms with Gasteiger partial charge in [0.2, 0.25) is 0 Å². The monoisotopic (exact) mass is 376 g/mol. The summed E-state index contributed by atoms with van der Waals surface area (Å²) in [4.78, 5) is 12.2. The van der Waals surface area contributed by atoms with E-state index >= 15 is 0 Å². The second kappa shape index (κ2) is 8.75. The minimum atomic E-state index is -0.238. The fourth-order valence-electron chi connectivity index (χ4n) is 1.92. The topological polar surface area (TPSA) is 46.5 Å². The zero-order chi connectivity index (χ0) is 18.4. The highest BCUT2D eigenvalue weighted by atomic mass is 35.5. The van der Waals surface area contributed by atoms with Gasteiger partial charge in [-0.05, 0) is 54.5 Å². The van der Waals surface area contributed by atoms with Crippen LogP contribution in [0.4, 0.5) is 0 Å². The molecule has 130 valence electrons. The number of hydrogen-bond acceptors (Lipinski definition) is 3. The Balaban J connectivity index is 2.09. The average molecular weight is 377 g/mol. The highest BCUT2D eigenvalue weighted by Gasteiger charge is 2.06. The van der Waals surface area contributed by atoms with Crippen molar-refractivity contribution in [2.24, 2.45) is 5.92 Å². The molecule has 0 bridgehead atoms. The van der Waals surface area contributed by atoms with Gasteiger partial charge in [0.15, 0.2) is 5.78 Å². The number of allylic oxidation sites excluding steroid dienone is 2. The lowest BCUT2D eigenvalue weighted by Crippen LogP contribution is -1.94. The van der Waals surface area contributed by atoms with Gasteiger partial charge < -0.3 is 9.84 Å². The molecular weight excluding hydrogens is 359 g/mol. The Morgan fingerprint density at radius 1 is 1.12 bits per heavy atom. The number of phenolic OH excluding ortho intramolecular Hbond substituents is 1. The molecule has 0 spiro atoms. The molecule has 25 heavy (non-hydrogen) atoms. The van der Waals surface area contributed by atoms with Crippen LogP contribution in [0.3, 0.4) is 0 Å². The predicted octanol–water partition coefficient (Wildman–Crippen LogP) is 6.14. The van der Waals surface area contributed by atoms with Gasteiger partial charge in [0.25, 0.3) is 0 Å². The second-order valence-corrected chi connectivity index (χ2v) is 6.55. The van der Waals surface area contributed by atoms with Gasteiger partial charge in [-0.2, -0.15) is 0 Å². The van der Waals surface area contributed by atoms with E-state index in [-0.39, 0.29) is 11.5 Å². The Morgan fingerprint density at radius 3 is 2.52 bits per heavy atom. The molecule has 0 radical (unpaired) electrons. The van der Waals surface area contributed by atoms with Gasteiger partial charge in [-0.25, -0.2) is 0 Å². The van der Waals surface area contributed by atoms with Crippen LogP contribution in [0.15, 0.2) is 54.8 Å². The van der Waals surface area contributed by atoms with Gasteiger partial charge in [0, 0.05) is 17.2 Å². The lowest BCUT2D eigenvalue weighted by molar-refractivity contribution is 0.104. The maximum atomic E-state index is 12.2. The summed E-state index contributed by atoms with van der Waals surface area (Å²) in [5.41, 5.74) is 0.928. The van der Waals surface area contributed by atoms with Crippen molar-refractivity contribution in [2.75, 3.05) is 0 Å². The molecular formula is C20H18Cl2O3. The molecule has 2 aromatic carbocycles. The first-order valence-electron chi connectivity index (χ1n) is 7.70. The molecule has 0 amide bonds. The number of ketones is 1. The number of ether oxygens (including phenoxy) is 1. The Bertz CT molecular complexity index is 824. The van der Waals surface area contributed by atoms with Gasteiger partial charge in [-0.15, -0.1) is 0 Å². The van der Waals surface area contributed by atoms with Crippen LogP contribution in [0.2, 0.25) is 10.0 Å². The number of carbonyl (C=O) groups excluding carboxylic acids is 1. The third kappa shape index (κ3) is 5.66. The average Bonchev–Trinajstić information content (AvgIpc) is 2.56. The number of hydrogen-bond donors (Lipinski definition) is 1. The highest BCUT2D eigenvalue weighted by Crippen LogP contribution is 2.26. The SMILES string of the molecule is CC(C)C=COc1ccc(C=CC(=O)c2ccc(Cl)c(Cl)c2)c(O)c1. The number of aromatic hydroxyl groups is 1. The zero-order valence-corrected chi connectivity index (χ0v) is 15.4. The lowest BCUT2D eigenvalue weighted by atomic mass is 10.1. The highest BCUT2D eigenvalue weighted by molar-refractivity contribution is 6.42. The van der Waals surface area contributed by atoms with Crippen molar-refractivity contribution >= 4 is 35.1 Å². The first kappa shape index (κ1) is 19.1. The fourth-order valence-corrected chi connectivity index (χ4v) is 2.22. The summed E-state index contributed by atoms with van der Waals surface area (Å²) in [6.45, 7) is 4.08. The normalized spacial score (nSPS) is 11.6. The third-order valence-electron chi connectivity index (χ3n) is 3.29. The molecule has 0 aliphatic rings. The summed E-state index contributed by atoms with van der Waals surface area (Å²) >= 11 is 11.7. The Morgan fingerprint density at radius 2 is 1.88 bits per heavy atom. The smallest absolute Gasteiger partial charge is 0.185 e. The molecule has 3 nitrogen and oxygen atoms in total. The van der Waals surface area contributed by atoms with Crippen LogP contribution in [-0.2, 0) is 0 Å². The van der Waals surface area contributed by atoms with Crippen LogP contribution in [0.5, 0.6) is 11.5 Å². The second-order valence-electron chi connectivity index (χ2n) is 5.74. The molecule has 1 N–H and O–H groups in total. The van der Waals surface area contributed by atoms with Crippen molar-refractivity contribution in [2.45, 2.75) is 13.8 Å². The minimum Gasteiger partial charge on any atom is -0.507 e. The van der Waals surface area contributed by atoms with E-state index in [9.17, 15) is 9.90 Å². The number of benzene rings is 2. The van der Waals surface area contributed by atoms with Gasteiger partial charge >= 0.3 is 0 Å². The number of phenols is 1. The maximum absolute atomic E-state index is 12.2. The Hall–Kier alpha value is -2.23. The molecule has 5 heteroatoms. The van der Waals surface area contributed by atoms with E-state index in [1.54, 1.807) is 30.5 Å². The summed E-state index contributed by atoms with van der Waals surface area (Å²) in [5.74, 6) is 0.678. The van der Waals surface area contributed by atoms with Crippen molar-refractivity contribution in [1.82, 2.24) is 0 Å². The van der Waals surface area contributed by atoms with Crippen LogP contribution < -0.4 is 4.74 Å². The standard InChI is InChI=1S/C20H18Cl2O3/c1-13(2)9-10-25-16-6-3-14(20(24)12-16)5-8-19(23)15-4-7-17(21)18(22)11-15/h3-13,24H,1-2H3. The van der Waals surface area contributed by atoms with E-state index in [0.717, 1.165) is 0 Å². The molecule has 0 fully saturated rings. The van der Waals surface area contributed by atoms with Crippen LogP contribution in [0.25, 0.3) is 6.08 Å². The minimum absolute atomic E-state index is 0.0219. The van der Waals surface area contributed by atoms with E-state index in [1.807, 2.05) is 19.9 Å². The van der Waals surface area contributed by atoms with Crippen molar-refractivity contribution in [3.8, 4) is 11.5 Å². The van der Waals surface area contributed by atoms with Crippen LogP contribution >= 0.6 is 23.2 Å². The van der Waals surface area contributed by atoms with Crippen molar-refractivity contribution in [3.63, 3.8) is 0 Å². The quantitative estimate of drug-likeness (QED) is 0.373. The lowest BCUT2D eigenvalue weighted by Gasteiger charge is -2.04. The predicted molar refractivity (Wildman–Crippen MR) is 103 cm³/mol. The molecule has 0 saturated heterocycles. The summed E-state index contributed by atoms with van der Waals surface area (Å²) in [6.07, 6.45) is 6.39. The molecule has 2 aromatic rings. The zero-order valence-electron chi connectivity index (χ0n) is 13.9. The fraction of sp³-hybridized carbons (Fsp3) is 0.150. The van der Waals surface area contributed by atoms with Crippen LogP contribution in [0, 0.1) is 5.92 Å². The van der Waals surface area contributed by atoms with Gasteiger partial charge in [-0.3, -0.25) is 4.79 Å². The summed E-state index contributed by atoms with van der Waals surface area (Å²) in [7, 11) is 0. The largest absolute Gasteiger partial charge is 0.507 e. The van der Waals surface area contributed by atoms with Gasteiger partial charge in [0.05, 0.1) is 16.3 Å². The Labute approximate surface area is 157 Å². The maximum Gasteiger partial charge on any atom is 0.185 e. The molecule has 0 atom stereocenters. The molecule has 0 heterocycles. The summed E-state index contributed by atoms with van der Waals surface area (Å²) < 4.78 is 5.41. The van der Waals surface area contributed by atoms with E-state index in [4.69, 9.17) is 27.9 Å². The summed E-state index contributed by atoms with van der Waals surface area (Å²) in [6, 6.07) is 9.56. The number of carbonyl (C=O) groups is 1. The van der Waals surface area contributed by atoms with Crippen molar-refractivity contribution in [3.05, 3.63) is 76.0 Å². The van der Waals surface area contributed by atoms with Crippen molar-refractivity contribution in [1.29, 1.82) is 0 Å². The number of halogens is 2. The first-order valence-corrected chi connectivity index (χ1v) is 8.46. The van der Waals surface area contributed by atoms with Crippen LogP contribution in [0.1, 0.15) is 29.8 Å². The summed E-state index contributed by atoms with van der Waals surface area (Å²) in [5, 5.41) is 10.8. The number of rotatable bonds is 6. The van der Waals surface area contributed by atoms with E-state index in [2.05, 4.69) is 0 Å². The molecule has 0 aromatic heterocycles. The van der Waals surface area contributed by atoms with Gasteiger partial charge in [-0.1, -0.05) is 37.0 Å². The van der Waals surface area contributed by atoms with Crippen molar-refractivity contribution < 1.29 is 14.6 Å². The van der Waals surface area contributed by atoms with E-state index in [1.165, 1.54) is 24.3 Å². The molecule has 0 aliphatic carbocycles. The van der Waals surface area contributed by atoms with Crippen LogP contribution in [-0.4, -0.2) is 10.9 Å². The molecule has 2 rings (SSSR count). The first-order chi connectivity index (χ1) is 11.9. The Kier molecular flexibility index (Phi) is 6.68. The molecule has 0 unspecified atom stereocenters. The molecule has 0 aliphatic heterocycles. The van der Waals surface area contributed by atoms with Gasteiger partial charge in [0.1, 0.15) is 11.5 Å². The van der Waals surface area contributed by atoms with E-state index < -0.39 is 0 Å². The third-order valence-corrected chi connectivity index (χ3v) is 4.03. The van der Waals surface area contributed by atoms with E-state index in [0.29, 0.717) is 32.8 Å².